The molecule has 26 heavy (non-hydrogen) atoms. The number of rotatable bonds is 7. The summed E-state index contributed by atoms with van der Waals surface area (Å²) >= 11 is 0. The first-order chi connectivity index (χ1) is 12.7. The van der Waals surface area contributed by atoms with Crippen LogP contribution < -0.4 is 10.1 Å². The Bertz CT molecular complexity index is 777. The van der Waals surface area contributed by atoms with E-state index >= 15 is 0 Å². The van der Waals surface area contributed by atoms with Crippen molar-refractivity contribution in [2.24, 2.45) is 0 Å². The second-order valence-electron chi connectivity index (χ2n) is 6.44. The fourth-order valence-corrected chi connectivity index (χ4v) is 2.97. The van der Waals surface area contributed by atoms with Gasteiger partial charge in [-0.1, -0.05) is 78.9 Å². The van der Waals surface area contributed by atoms with Gasteiger partial charge in [-0.25, -0.2) is 0 Å². The minimum absolute atomic E-state index is 0.00364. The van der Waals surface area contributed by atoms with Crippen LogP contribution in [0.4, 0.5) is 0 Å². The summed E-state index contributed by atoms with van der Waals surface area (Å²) in [5, 5.41) is 3.03. The molecule has 3 heteroatoms. The number of carbonyl (C=O) groups excluding carboxylic acids is 1. The van der Waals surface area contributed by atoms with E-state index in [-0.39, 0.29) is 17.9 Å². The van der Waals surface area contributed by atoms with Gasteiger partial charge in [0.15, 0.2) is 6.61 Å². The van der Waals surface area contributed by atoms with Crippen LogP contribution in [0.2, 0.25) is 0 Å². The normalized spacial score (nSPS) is 11.0. The third-order valence-corrected chi connectivity index (χ3v) is 4.57. The lowest BCUT2D eigenvalue weighted by atomic mass is 9.76. The van der Waals surface area contributed by atoms with E-state index in [9.17, 15) is 4.79 Å². The minimum atomic E-state index is -0.315. The monoisotopic (exact) mass is 345 g/mol. The SMILES string of the molecule is CC(CNC(=O)COc1ccccc1)(c1ccccc1)c1ccccc1. The molecule has 0 atom stereocenters. The zero-order chi connectivity index (χ0) is 18.2. The number of hydrogen-bond acceptors (Lipinski definition) is 2. The molecule has 3 rings (SSSR count). The molecular weight excluding hydrogens is 322 g/mol. The maximum atomic E-state index is 12.3. The molecule has 0 aliphatic rings. The van der Waals surface area contributed by atoms with Gasteiger partial charge < -0.3 is 10.1 Å². The molecule has 3 aromatic rings. The third kappa shape index (κ3) is 4.31. The van der Waals surface area contributed by atoms with Crippen molar-refractivity contribution in [1.29, 1.82) is 0 Å². The van der Waals surface area contributed by atoms with Gasteiger partial charge in [-0.15, -0.1) is 0 Å². The molecule has 0 heterocycles. The first-order valence-electron chi connectivity index (χ1n) is 8.74. The quantitative estimate of drug-likeness (QED) is 0.697. The van der Waals surface area contributed by atoms with E-state index in [0.717, 1.165) is 11.1 Å². The van der Waals surface area contributed by atoms with Gasteiger partial charge in [0.05, 0.1) is 0 Å². The highest BCUT2D eigenvalue weighted by atomic mass is 16.5. The van der Waals surface area contributed by atoms with Crippen LogP contribution in [-0.2, 0) is 10.2 Å². The number of amides is 1. The van der Waals surface area contributed by atoms with Crippen LogP contribution >= 0.6 is 0 Å². The fraction of sp³-hybridized carbons (Fsp3) is 0.174. The van der Waals surface area contributed by atoms with Gasteiger partial charge in [-0.05, 0) is 30.2 Å². The second kappa shape index (κ2) is 8.34. The summed E-state index contributed by atoms with van der Waals surface area (Å²) in [6.45, 7) is 2.65. The van der Waals surface area contributed by atoms with E-state index < -0.39 is 0 Å². The summed E-state index contributed by atoms with van der Waals surface area (Å²) in [4.78, 5) is 12.3. The molecule has 1 amide bonds. The highest BCUT2D eigenvalue weighted by Gasteiger charge is 2.29. The van der Waals surface area contributed by atoms with Gasteiger partial charge in [0.2, 0.25) is 0 Å². The fourth-order valence-electron chi connectivity index (χ4n) is 2.97. The number of para-hydroxylation sites is 1. The summed E-state index contributed by atoms with van der Waals surface area (Å²) in [5.41, 5.74) is 2.01. The molecule has 3 aromatic carbocycles. The number of carbonyl (C=O) groups is 1. The van der Waals surface area contributed by atoms with Gasteiger partial charge in [0.25, 0.3) is 5.91 Å². The molecule has 0 saturated heterocycles. The third-order valence-electron chi connectivity index (χ3n) is 4.57. The lowest BCUT2D eigenvalue weighted by molar-refractivity contribution is -0.123. The Balaban J connectivity index is 1.70. The van der Waals surface area contributed by atoms with E-state index in [2.05, 4.69) is 36.5 Å². The van der Waals surface area contributed by atoms with E-state index in [0.29, 0.717) is 12.3 Å². The van der Waals surface area contributed by atoms with Gasteiger partial charge in [-0.3, -0.25) is 4.79 Å². The smallest absolute Gasteiger partial charge is 0.257 e. The number of benzene rings is 3. The molecule has 0 bridgehead atoms. The van der Waals surface area contributed by atoms with Crippen molar-refractivity contribution in [3.63, 3.8) is 0 Å². The van der Waals surface area contributed by atoms with Gasteiger partial charge in [-0.2, -0.15) is 0 Å². The highest BCUT2D eigenvalue weighted by Crippen LogP contribution is 2.31. The Morgan fingerprint density at radius 3 is 1.77 bits per heavy atom. The topological polar surface area (TPSA) is 38.3 Å². The lowest BCUT2D eigenvalue weighted by Crippen LogP contribution is -2.41. The summed E-state index contributed by atoms with van der Waals surface area (Å²) in [6.07, 6.45) is 0. The van der Waals surface area contributed by atoms with E-state index in [1.165, 1.54) is 0 Å². The molecule has 0 aliphatic carbocycles. The summed E-state index contributed by atoms with van der Waals surface area (Å²) in [6, 6.07) is 29.8. The van der Waals surface area contributed by atoms with Crippen molar-refractivity contribution >= 4 is 5.91 Å². The Kier molecular flexibility index (Phi) is 5.69. The number of ether oxygens (including phenoxy) is 1. The molecule has 132 valence electrons. The average Bonchev–Trinajstić information content (AvgIpc) is 2.72. The van der Waals surface area contributed by atoms with Gasteiger partial charge in [0.1, 0.15) is 5.75 Å². The largest absolute Gasteiger partial charge is 0.484 e. The molecule has 3 nitrogen and oxygen atoms in total. The molecule has 0 saturated carbocycles. The first kappa shape index (κ1) is 17.7. The second-order valence-corrected chi connectivity index (χ2v) is 6.44. The molecule has 1 N–H and O–H groups in total. The number of hydrogen-bond donors (Lipinski definition) is 1. The zero-order valence-corrected chi connectivity index (χ0v) is 14.9. The number of nitrogens with one attached hydrogen (secondary N) is 1. The Labute approximate surface area is 154 Å². The van der Waals surface area contributed by atoms with Crippen LogP contribution in [0.5, 0.6) is 5.75 Å². The Morgan fingerprint density at radius 1 is 0.808 bits per heavy atom. The van der Waals surface area contributed by atoms with E-state index in [4.69, 9.17) is 4.74 Å². The molecule has 0 radical (unpaired) electrons. The van der Waals surface area contributed by atoms with Crippen molar-refractivity contribution in [2.75, 3.05) is 13.2 Å². The van der Waals surface area contributed by atoms with E-state index in [1.54, 1.807) is 0 Å². The molecule has 0 spiro atoms. The van der Waals surface area contributed by atoms with Crippen LogP contribution in [0.15, 0.2) is 91.0 Å². The maximum absolute atomic E-state index is 12.3. The van der Waals surface area contributed by atoms with Crippen LogP contribution in [0.3, 0.4) is 0 Å². The molecular formula is C23H23NO2. The van der Waals surface area contributed by atoms with Crippen LogP contribution in [0, 0.1) is 0 Å². The molecule has 0 aliphatic heterocycles. The van der Waals surface area contributed by atoms with Crippen molar-refractivity contribution in [1.82, 2.24) is 5.32 Å². The van der Waals surface area contributed by atoms with Gasteiger partial charge in [0, 0.05) is 12.0 Å². The zero-order valence-electron chi connectivity index (χ0n) is 14.9. The van der Waals surface area contributed by atoms with Gasteiger partial charge >= 0.3 is 0 Å². The van der Waals surface area contributed by atoms with Crippen molar-refractivity contribution in [3.05, 3.63) is 102 Å². The molecule has 0 aromatic heterocycles. The molecule has 0 unspecified atom stereocenters. The minimum Gasteiger partial charge on any atom is -0.484 e. The highest BCUT2D eigenvalue weighted by molar-refractivity contribution is 5.77. The predicted molar refractivity (Wildman–Crippen MR) is 104 cm³/mol. The van der Waals surface area contributed by atoms with Crippen molar-refractivity contribution in [2.45, 2.75) is 12.3 Å². The van der Waals surface area contributed by atoms with E-state index in [1.807, 2.05) is 66.7 Å². The molecule has 0 fully saturated rings. The average molecular weight is 345 g/mol. The predicted octanol–water partition coefficient (Wildman–Crippen LogP) is 4.19. The van der Waals surface area contributed by atoms with Crippen LogP contribution in [0.25, 0.3) is 0 Å². The lowest BCUT2D eigenvalue weighted by Gasteiger charge is -2.31. The summed E-state index contributed by atoms with van der Waals surface area (Å²) in [5.74, 6) is 0.559. The Hall–Kier alpha value is -3.07. The first-order valence-corrected chi connectivity index (χ1v) is 8.74. The van der Waals surface area contributed by atoms with Crippen LogP contribution in [-0.4, -0.2) is 19.1 Å². The van der Waals surface area contributed by atoms with Crippen LogP contribution in [0.1, 0.15) is 18.1 Å². The van der Waals surface area contributed by atoms with Crippen molar-refractivity contribution < 1.29 is 9.53 Å². The Morgan fingerprint density at radius 2 is 1.27 bits per heavy atom. The summed E-state index contributed by atoms with van der Waals surface area (Å²) < 4.78 is 5.53. The van der Waals surface area contributed by atoms with Crippen molar-refractivity contribution in [3.8, 4) is 5.75 Å². The summed E-state index contributed by atoms with van der Waals surface area (Å²) in [7, 11) is 0. The standard InChI is InChI=1S/C23H23NO2/c1-23(19-11-5-2-6-12-19,20-13-7-3-8-14-20)18-24-22(25)17-26-21-15-9-4-10-16-21/h2-16H,17-18H2,1H3,(H,24,25). The maximum Gasteiger partial charge on any atom is 0.257 e.